The number of halogens is 1. The summed E-state index contributed by atoms with van der Waals surface area (Å²) in [5.74, 6) is -1.84. The van der Waals surface area contributed by atoms with Crippen molar-refractivity contribution in [3.63, 3.8) is 0 Å². The zero-order valence-corrected chi connectivity index (χ0v) is 22.3. The van der Waals surface area contributed by atoms with Crippen molar-refractivity contribution in [3.8, 4) is 0 Å². The van der Waals surface area contributed by atoms with E-state index in [4.69, 9.17) is 23.1 Å². The highest BCUT2D eigenvalue weighted by molar-refractivity contribution is 7.09. The first-order valence-corrected chi connectivity index (χ1v) is 12.9. The molecule has 5 N–H and O–H groups in total. The van der Waals surface area contributed by atoms with E-state index in [1.54, 1.807) is 30.3 Å². The van der Waals surface area contributed by atoms with Crippen LogP contribution in [0.1, 0.15) is 48.5 Å². The number of carbonyl (C=O) groups excluding carboxylic acids is 3. The number of nitrogen functional groups attached to an aromatic ring is 1. The maximum atomic E-state index is 14.2. The van der Waals surface area contributed by atoms with Gasteiger partial charge in [0.25, 0.3) is 11.8 Å². The van der Waals surface area contributed by atoms with Crippen LogP contribution in [0.25, 0.3) is 0 Å². The number of amides is 3. The molecule has 3 amide bonds. The van der Waals surface area contributed by atoms with Crippen LogP contribution in [-0.4, -0.2) is 22.1 Å². The molecule has 0 unspecified atom stereocenters. The first kappa shape index (κ1) is 26.8. The number of aryl methyl sites for hydroxylation is 2. The van der Waals surface area contributed by atoms with Crippen LogP contribution in [0.5, 0.6) is 0 Å². The van der Waals surface area contributed by atoms with Crippen molar-refractivity contribution < 1.29 is 14.4 Å². The molecular weight excluding hydrogens is 522 g/mol. The van der Waals surface area contributed by atoms with Crippen molar-refractivity contribution in [2.45, 2.75) is 26.4 Å². The quantitative estimate of drug-likeness (QED) is 0.291. The summed E-state index contributed by atoms with van der Waals surface area (Å²) in [5.41, 5.74) is 14.9. The lowest BCUT2D eigenvalue weighted by atomic mass is 10.0. The largest absolute Gasteiger partial charge is 0.395 e. The summed E-state index contributed by atoms with van der Waals surface area (Å²) in [4.78, 5) is 41.2. The molecule has 0 aliphatic heterocycles. The predicted molar refractivity (Wildman–Crippen MR) is 150 cm³/mol. The Bertz CT molecular complexity index is 1490. The van der Waals surface area contributed by atoms with E-state index < -0.39 is 23.8 Å². The molecule has 0 bridgehead atoms. The Morgan fingerprint density at radius 2 is 1.71 bits per heavy atom. The van der Waals surface area contributed by atoms with Gasteiger partial charge in [-0.1, -0.05) is 71.8 Å². The van der Waals surface area contributed by atoms with E-state index in [-0.39, 0.29) is 22.8 Å². The van der Waals surface area contributed by atoms with Gasteiger partial charge in [-0.15, -0.1) is 0 Å². The summed E-state index contributed by atoms with van der Waals surface area (Å²) in [6.07, 6.45) is 0. The number of carbonyl (C=O) groups is 3. The summed E-state index contributed by atoms with van der Waals surface area (Å²) in [6, 6.07) is 20.6. The third-order valence-electron chi connectivity index (χ3n) is 5.99. The molecule has 1 aromatic heterocycles. The highest BCUT2D eigenvalue weighted by atomic mass is 35.5. The summed E-state index contributed by atoms with van der Waals surface area (Å²) in [5, 5.41) is 3.44. The predicted octanol–water partition coefficient (Wildman–Crippen LogP) is 4.80. The first-order chi connectivity index (χ1) is 18.2. The SMILES string of the molecule is Cc1ccc(N(C(=O)c2snc(C(N)=O)c2N)[C@@H](C(=O)NCc2ccccc2)c2ccc(Cl)cc2)c(C)c1. The number of hydrogen-bond donors (Lipinski definition) is 3. The Hall–Kier alpha value is -4.21. The van der Waals surface area contributed by atoms with Crippen molar-refractivity contribution >= 4 is 52.2 Å². The number of primary amides is 1. The lowest BCUT2D eigenvalue weighted by Gasteiger charge is -2.32. The Labute approximate surface area is 229 Å². The third-order valence-corrected chi connectivity index (χ3v) is 7.09. The Kier molecular flexibility index (Phi) is 8.09. The van der Waals surface area contributed by atoms with E-state index in [9.17, 15) is 14.4 Å². The summed E-state index contributed by atoms with van der Waals surface area (Å²) in [6.45, 7) is 4.05. The van der Waals surface area contributed by atoms with Gasteiger partial charge < -0.3 is 16.8 Å². The molecule has 0 saturated heterocycles. The van der Waals surface area contributed by atoms with E-state index in [0.717, 1.165) is 28.2 Å². The van der Waals surface area contributed by atoms with Gasteiger partial charge in [-0.25, -0.2) is 0 Å². The molecule has 8 nitrogen and oxygen atoms in total. The second-order valence-corrected chi connectivity index (χ2v) is 9.97. The molecule has 3 aromatic carbocycles. The number of rotatable bonds is 8. The minimum Gasteiger partial charge on any atom is -0.395 e. The number of nitrogens with zero attached hydrogens (tertiary/aromatic N) is 2. The zero-order valence-electron chi connectivity index (χ0n) is 20.8. The topological polar surface area (TPSA) is 131 Å². The van der Waals surface area contributed by atoms with Gasteiger partial charge in [0.2, 0.25) is 5.91 Å². The normalized spacial score (nSPS) is 11.6. The van der Waals surface area contributed by atoms with Gasteiger partial charge in [0.15, 0.2) is 5.69 Å². The Morgan fingerprint density at radius 3 is 2.32 bits per heavy atom. The lowest BCUT2D eigenvalue weighted by Crippen LogP contribution is -2.44. The van der Waals surface area contributed by atoms with Gasteiger partial charge in [-0.05, 0) is 60.3 Å². The average Bonchev–Trinajstić information content (AvgIpc) is 3.29. The molecular formula is C28H26ClN5O3S. The van der Waals surface area contributed by atoms with Crippen molar-refractivity contribution in [3.05, 3.63) is 111 Å². The number of nitrogens with two attached hydrogens (primary N) is 2. The number of nitrogens with one attached hydrogen (secondary N) is 1. The molecule has 0 aliphatic carbocycles. The van der Waals surface area contributed by atoms with Gasteiger partial charge >= 0.3 is 0 Å². The van der Waals surface area contributed by atoms with Gasteiger partial charge in [0.05, 0.1) is 5.69 Å². The van der Waals surface area contributed by atoms with Crippen LogP contribution in [-0.2, 0) is 11.3 Å². The molecule has 1 atom stereocenters. The van der Waals surface area contributed by atoms with E-state index in [1.165, 1.54) is 4.90 Å². The minimum absolute atomic E-state index is 0.00796. The van der Waals surface area contributed by atoms with Gasteiger partial charge in [-0.2, -0.15) is 4.37 Å². The molecule has 1 heterocycles. The summed E-state index contributed by atoms with van der Waals surface area (Å²) >= 11 is 6.90. The highest BCUT2D eigenvalue weighted by Crippen LogP contribution is 2.35. The van der Waals surface area contributed by atoms with Crippen molar-refractivity contribution in [2.75, 3.05) is 10.6 Å². The van der Waals surface area contributed by atoms with Crippen molar-refractivity contribution in [2.24, 2.45) is 5.73 Å². The van der Waals surface area contributed by atoms with Crippen LogP contribution in [0.3, 0.4) is 0 Å². The fourth-order valence-electron chi connectivity index (χ4n) is 4.12. The molecule has 4 aromatic rings. The maximum Gasteiger partial charge on any atom is 0.273 e. The van der Waals surface area contributed by atoms with Crippen LogP contribution in [0.2, 0.25) is 5.02 Å². The minimum atomic E-state index is -1.09. The van der Waals surface area contributed by atoms with Crippen LogP contribution in [0.15, 0.2) is 72.8 Å². The van der Waals surface area contributed by atoms with E-state index in [2.05, 4.69) is 9.69 Å². The smallest absolute Gasteiger partial charge is 0.273 e. The fraction of sp³-hybridized carbons (Fsp3) is 0.143. The molecule has 10 heteroatoms. The van der Waals surface area contributed by atoms with E-state index in [0.29, 0.717) is 16.3 Å². The molecule has 38 heavy (non-hydrogen) atoms. The Balaban J connectivity index is 1.86. The van der Waals surface area contributed by atoms with E-state index >= 15 is 0 Å². The molecule has 0 aliphatic rings. The number of aromatic nitrogens is 1. The molecule has 0 spiro atoms. The summed E-state index contributed by atoms with van der Waals surface area (Å²) in [7, 11) is 0. The fourth-order valence-corrected chi connectivity index (χ4v) is 4.99. The molecule has 4 rings (SSSR count). The molecule has 194 valence electrons. The van der Waals surface area contributed by atoms with Gasteiger partial charge in [0.1, 0.15) is 10.9 Å². The number of anilines is 2. The van der Waals surface area contributed by atoms with Crippen molar-refractivity contribution in [1.29, 1.82) is 0 Å². The van der Waals surface area contributed by atoms with Crippen LogP contribution < -0.4 is 21.7 Å². The van der Waals surface area contributed by atoms with Crippen LogP contribution in [0, 0.1) is 13.8 Å². The summed E-state index contributed by atoms with van der Waals surface area (Å²) < 4.78 is 3.99. The molecule has 0 fully saturated rings. The second kappa shape index (κ2) is 11.5. The third kappa shape index (κ3) is 5.69. The average molecular weight is 548 g/mol. The molecule has 0 radical (unpaired) electrons. The van der Waals surface area contributed by atoms with Crippen LogP contribution >= 0.6 is 23.1 Å². The Morgan fingerprint density at radius 1 is 1.03 bits per heavy atom. The zero-order chi connectivity index (χ0) is 27.4. The number of benzene rings is 3. The van der Waals surface area contributed by atoms with Gasteiger partial charge in [0, 0.05) is 17.3 Å². The second-order valence-electron chi connectivity index (χ2n) is 8.76. The lowest BCUT2D eigenvalue weighted by molar-refractivity contribution is -0.122. The standard InChI is InChI=1S/C28H26ClN5O3S/c1-16-8-13-21(17(2)14-16)34(28(37)25-22(30)23(26(31)35)33-38-25)24(19-9-11-20(29)12-10-19)27(36)32-15-18-6-4-3-5-7-18/h3-14,24H,15,30H2,1-2H3,(H2,31,35)(H,32,36)/t24-/m1/s1. The number of hydrogen-bond acceptors (Lipinski definition) is 6. The first-order valence-electron chi connectivity index (χ1n) is 11.7. The maximum absolute atomic E-state index is 14.2. The highest BCUT2D eigenvalue weighted by Gasteiger charge is 2.36. The van der Waals surface area contributed by atoms with E-state index in [1.807, 2.05) is 56.3 Å². The van der Waals surface area contributed by atoms with Gasteiger partial charge in [-0.3, -0.25) is 19.3 Å². The molecule has 0 saturated carbocycles. The monoisotopic (exact) mass is 547 g/mol. The van der Waals surface area contributed by atoms with Crippen molar-refractivity contribution in [1.82, 2.24) is 9.69 Å². The van der Waals surface area contributed by atoms with Crippen LogP contribution in [0.4, 0.5) is 11.4 Å².